The second-order valence-electron chi connectivity index (χ2n) is 3.54. The Hall–Kier alpha value is -1.02. The fourth-order valence-corrected chi connectivity index (χ4v) is 1.98. The van der Waals surface area contributed by atoms with Crippen molar-refractivity contribution in [1.82, 2.24) is 0 Å². The SMILES string of the molecule is CCNc1cccc2c1CC(O)C2. The van der Waals surface area contributed by atoms with Crippen molar-refractivity contribution in [3.8, 4) is 0 Å². The molecule has 0 amide bonds. The van der Waals surface area contributed by atoms with E-state index in [0.29, 0.717) is 0 Å². The molecule has 0 spiro atoms. The molecule has 1 unspecified atom stereocenters. The van der Waals surface area contributed by atoms with Crippen molar-refractivity contribution in [2.75, 3.05) is 11.9 Å². The lowest BCUT2D eigenvalue weighted by Gasteiger charge is -2.08. The van der Waals surface area contributed by atoms with Gasteiger partial charge in [0.25, 0.3) is 0 Å². The predicted molar refractivity (Wildman–Crippen MR) is 54.0 cm³/mol. The summed E-state index contributed by atoms with van der Waals surface area (Å²) in [4.78, 5) is 0. The van der Waals surface area contributed by atoms with E-state index in [9.17, 15) is 5.11 Å². The van der Waals surface area contributed by atoms with Gasteiger partial charge in [-0.1, -0.05) is 12.1 Å². The van der Waals surface area contributed by atoms with Crippen molar-refractivity contribution in [3.05, 3.63) is 29.3 Å². The minimum atomic E-state index is -0.171. The highest BCUT2D eigenvalue weighted by atomic mass is 16.3. The number of fused-ring (bicyclic) bond motifs is 1. The van der Waals surface area contributed by atoms with Crippen molar-refractivity contribution in [1.29, 1.82) is 0 Å². The molecule has 0 aromatic heterocycles. The summed E-state index contributed by atoms with van der Waals surface area (Å²) < 4.78 is 0. The third-order valence-electron chi connectivity index (χ3n) is 2.54. The highest BCUT2D eigenvalue weighted by Crippen LogP contribution is 2.28. The van der Waals surface area contributed by atoms with Crippen LogP contribution in [0.25, 0.3) is 0 Å². The molecule has 2 heteroatoms. The maximum absolute atomic E-state index is 9.52. The molecule has 70 valence electrons. The van der Waals surface area contributed by atoms with Gasteiger partial charge in [-0.15, -0.1) is 0 Å². The zero-order valence-corrected chi connectivity index (χ0v) is 7.88. The Morgan fingerprint density at radius 3 is 3.08 bits per heavy atom. The molecule has 13 heavy (non-hydrogen) atoms. The molecule has 0 heterocycles. The van der Waals surface area contributed by atoms with E-state index in [1.807, 2.05) is 0 Å². The summed E-state index contributed by atoms with van der Waals surface area (Å²) in [5.74, 6) is 0. The lowest BCUT2D eigenvalue weighted by atomic mass is 10.1. The summed E-state index contributed by atoms with van der Waals surface area (Å²) >= 11 is 0. The third-order valence-corrected chi connectivity index (χ3v) is 2.54. The first-order valence-corrected chi connectivity index (χ1v) is 4.84. The van der Waals surface area contributed by atoms with Crippen LogP contribution in [0.15, 0.2) is 18.2 Å². The van der Waals surface area contributed by atoms with Crippen LogP contribution in [0.3, 0.4) is 0 Å². The molecule has 0 aliphatic heterocycles. The maximum Gasteiger partial charge on any atom is 0.0621 e. The number of aliphatic hydroxyl groups is 1. The van der Waals surface area contributed by atoms with Gasteiger partial charge in [-0.25, -0.2) is 0 Å². The van der Waals surface area contributed by atoms with Crippen molar-refractivity contribution in [3.63, 3.8) is 0 Å². The first-order chi connectivity index (χ1) is 6.31. The average Bonchev–Trinajstić information content (AvgIpc) is 2.47. The van der Waals surface area contributed by atoms with Gasteiger partial charge in [-0.05, 0) is 30.5 Å². The quantitative estimate of drug-likeness (QED) is 0.718. The van der Waals surface area contributed by atoms with Gasteiger partial charge in [0.05, 0.1) is 6.10 Å². The summed E-state index contributed by atoms with van der Waals surface area (Å²) in [6.07, 6.45) is 1.45. The summed E-state index contributed by atoms with van der Waals surface area (Å²) in [5, 5.41) is 12.8. The van der Waals surface area contributed by atoms with Crippen LogP contribution in [0.4, 0.5) is 5.69 Å². The molecule has 2 nitrogen and oxygen atoms in total. The fraction of sp³-hybridized carbons (Fsp3) is 0.455. The molecule has 0 saturated carbocycles. The Labute approximate surface area is 78.6 Å². The van der Waals surface area contributed by atoms with Crippen LogP contribution in [-0.4, -0.2) is 17.8 Å². The first-order valence-electron chi connectivity index (χ1n) is 4.84. The number of benzene rings is 1. The largest absolute Gasteiger partial charge is 0.392 e. The van der Waals surface area contributed by atoms with Crippen molar-refractivity contribution >= 4 is 5.69 Å². The van der Waals surface area contributed by atoms with Crippen LogP contribution in [0.2, 0.25) is 0 Å². The van der Waals surface area contributed by atoms with E-state index in [-0.39, 0.29) is 6.10 Å². The highest BCUT2D eigenvalue weighted by molar-refractivity contribution is 5.56. The molecular formula is C11H15NO. The van der Waals surface area contributed by atoms with Gasteiger partial charge in [0.15, 0.2) is 0 Å². The average molecular weight is 177 g/mol. The molecule has 1 aliphatic carbocycles. The normalized spacial score (nSPS) is 20.0. The standard InChI is InChI=1S/C11H15NO/c1-2-12-11-5-3-4-8-6-9(13)7-10(8)11/h3-5,9,12-13H,2,6-7H2,1H3. The van der Waals surface area contributed by atoms with Crippen molar-refractivity contribution in [2.24, 2.45) is 0 Å². The van der Waals surface area contributed by atoms with Crippen LogP contribution >= 0.6 is 0 Å². The Balaban J connectivity index is 2.34. The Morgan fingerprint density at radius 2 is 2.31 bits per heavy atom. The number of nitrogens with one attached hydrogen (secondary N) is 1. The highest BCUT2D eigenvalue weighted by Gasteiger charge is 2.21. The van der Waals surface area contributed by atoms with Gasteiger partial charge in [0.1, 0.15) is 0 Å². The van der Waals surface area contributed by atoms with Gasteiger partial charge in [-0.2, -0.15) is 0 Å². The number of hydrogen-bond donors (Lipinski definition) is 2. The van der Waals surface area contributed by atoms with E-state index < -0.39 is 0 Å². The van der Waals surface area contributed by atoms with Crippen molar-refractivity contribution < 1.29 is 5.11 Å². The Kier molecular flexibility index (Phi) is 2.23. The molecule has 1 aromatic rings. The molecule has 1 atom stereocenters. The smallest absolute Gasteiger partial charge is 0.0621 e. The van der Waals surface area contributed by atoms with Gasteiger partial charge < -0.3 is 10.4 Å². The van der Waals surface area contributed by atoms with Gasteiger partial charge >= 0.3 is 0 Å². The van der Waals surface area contributed by atoms with Gasteiger partial charge in [-0.3, -0.25) is 0 Å². The molecule has 1 aliphatic rings. The summed E-state index contributed by atoms with van der Waals surface area (Å²) in [7, 11) is 0. The first kappa shape index (κ1) is 8.57. The van der Waals surface area contributed by atoms with Gasteiger partial charge in [0.2, 0.25) is 0 Å². The topological polar surface area (TPSA) is 32.3 Å². The number of anilines is 1. The maximum atomic E-state index is 9.52. The Morgan fingerprint density at radius 1 is 1.46 bits per heavy atom. The van der Waals surface area contributed by atoms with Crippen LogP contribution in [0.1, 0.15) is 18.1 Å². The van der Waals surface area contributed by atoms with Crippen LogP contribution in [0, 0.1) is 0 Å². The van der Waals surface area contributed by atoms with Crippen molar-refractivity contribution in [2.45, 2.75) is 25.9 Å². The van der Waals surface area contributed by atoms with E-state index in [1.54, 1.807) is 0 Å². The monoisotopic (exact) mass is 177 g/mol. The fourth-order valence-electron chi connectivity index (χ4n) is 1.98. The van der Waals surface area contributed by atoms with Crippen LogP contribution < -0.4 is 5.32 Å². The third kappa shape index (κ3) is 1.54. The van der Waals surface area contributed by atoms with E-state index in [2.05, 4.69) is 30.4 Å². The summed E-state index contributed by atoms with van der Waals surface area (Å²) in [5.41, 5.74) is 3.79. The minimum Gasteiger partial charge on any atom is -0.392 e. The molecular weight excluding hydrogens is 162 g/mol. The molecule has 1 aromatic carbocycles. The lowest BCUT2D eigenvalue weighted by Crippen LogP contribution is -2.05. The second-order valence-corrected chi connectivity index (χ2v) is 3.54. The number of rotatable bonds is 2. The molecule has 2 N–H and O–H groups in total. The molecule has 2 rings (SSSR count). The molecule has 0 fully saturated rings. The van der Waals surface area contributed by atoms with E-state index in [1.165, 1.54) is 16.8 Å². The zero-order chi connectivity index (χ0) is 9.26. The summed E-state index contributed by atoms with van der Waals surface area (Å²) in [6, 6.07) is 6.24. The predicted octanol–water partition coefficient (Wildman–Crippen LogP) is 1.58. The second kappa shape index (κ2) is 3.38. The van der Waals surface area contributed by atoms with E-state index >= 15 is 0 Å². The molecule has 0 radical (unpaired) electrons. The molecule has 0 bridgehead atoms. The zero-order valence-electron chi connectivity index (χ0n) is 7.88. The van der Waals surface area contributed by atoms with Crippen LogP contribution in [-0.2, 0) is 12.8 Å². The van der Waals surface area contributed by atoms with Crippen LogP contribution in [0.5, 0.6) is 0 Å². The van der Waals surface area contributed by atoms with E-state index in [4.69, 9.17) is 0 Å². The minimum absolute atomic E-state index is 0.171. The Bertz CT molecular complexity index is 309. The number of hydrogen-bond acceptors (Lipinski definition) is 2. The number of aliphatic hydroxyl groups excluding tert-OH is 1. The van der Waals surface area contributed by atoms with Gasteiger partial charge in [0, 0.05) is 18.7 Å². The summed E-state index contributed by atoms with van der Waals surface area (Å²) in [6.45, 7) is 3.03. The lowest BCUT2D eigenvalue weighted by molar-refractivity contribution is 0.187. The molecule has 0 saturated heterocycles. The van der Waals surface area contributed by atoms with E-state index in [0.717, 1.165) is 19.4 Å².